The molecule has 0 radical (unpaired) electrons. The first-order chi connectivity index (χ1) is 4.43. The van der Waals surface area contributed by atoms with E-state index in [9.17, 15) is 0 Å². The Labute approximate surface area is 67.7 Å². The Morgan fingerprint density at radius 1 is 1.60 bits per heavy atom. The first kappa shape index (κ1) is 9.77. The van der Waals surface area contributed by atoms with E-state index < -0.39 is 0 Å². The molecule has 0 spiro atoms. The van der Waals surface area contributed by atoms with Gasteiger partial charge < -0.3 is 10.1 Å². The van der Waals surface area contributed by atoms with E-state index in [1.807, 2.05) is 0 Å². The Balaban J connectivity index is 0.000000810. The van der Waals surface area contributed by atoms with Gasteiger partial charge in [-0.05, 0) is 0 Å². The van der Waals surface area contributed by atoms with Crippen molar-refractivity contribution in [2.24, 2.45) is 5.92 Å². The Morgan fingerprint density at radius 2 is 2.30 bits per heavy atom. The van der Waals surface area contributed by atoms with E-state index in [2.05, 4.69) is 11.2 Å². The van der Waals surface area contributed by atoms with Crippen molar-refractivity contribution in [1.82, 2.24) is 5.32 Å². The van der Waals surface area contributed by atoms with Crippen molar-refractivity contribution in [2.75, 3.05) is 26.3 Å². The van der Waals surface area contributed by atoms with Gasteiger partial charge in [-0.3, -0.25) is 0 Å². The minimum Gasteiger partial charge on any atom is -0.368 e. The predicted molar refractivity (Wildman–Crippen MR) is 43.3 cm³/mol. The number of halogens is 1. The topological polar surface area (TPSA) is 21.3 Å². The lowest BCUT2D eigenvalue weighted by molar-refractivity contribution is 0.103. The third-order valence-electron chi connectivity index (χ3n) is 1.40. The zero-order chi connectivity index (χ0) is 6.53. The maximum atomic E-state index is 5.11. The Hall–Kier alpha value is -0.230. The molecule has 0 aliphatic carbocycles. The second-order valence-corrected chi connectivity index (χ2v) is 2.24. The van der Waals surface area contributed by atoms with Gasteiger partial charge in [-0.15, -0.1) is 18.8 Å². The highest BCUT2D eigenvalue weighted by atomic mass is 35.5. The smallest absolute Gasteiger partial charge is 0.107 e. The molecular formula is C7H12ClNO. The molecule has 2 nitrogen and oxygen atoms in total. The van der Waals surface area contributed by atoms with Gasteiger partial charge in [0.25, 0.3) is 0 Å². The highest BCUT2D eigenvalue weighted by Crippen LogP contribution is 2.01. The zero-order valence-corrected chi connectivity index (χ0v) is 6.62. The molecule has 0 atom stereocenters. The fraction of sp³-hybridized carbons (Fsp3) is 0.714. The molecule has 0 saturated carbocycles. The van der Waals surface area contributed by atoms with Crippen LogP contribution < -0.4 is 5.32 Å². The van der Waals surface area contributed by atoms with Crippen LogP contribution in [0.4, 0.5) is 0 Å². The van der Waals surface area contributed by atoms with E-state index in [4.69, 9.17) is 11.2 Å². The van der Waals surface area contributed by atoms with Crippen molar-refractivity contribution in [3.05, 3.63) is 0 Å². The van der Waals surface area contributed by atoms with Crippen LogP contribution in [0.25, 0.3) is 0 Å². The van der Waals surface area contributed by atoms with Crippen LogP contribution >= 0.6 is 12.4 Å². The van der Waals surface area contributed by atoms with Crippen LogP contribution in [-0.2, 0) is 4.74 Å². The fourth-order valence-electron chi connectivity index (χ4n) is 0.751. The highest BCUT2D eigenvalue weighted by Gasteiger charge is 2.15. The number of rotatable bonds is 3. The summed E-state index contributed by atoms with van der Waals surface area (Å²) in [6.45, 7) is 3.45. The van der Waals surface area contributed by atoms with Crippen LogP contribution in [-0.4, -0.2) is 26.3 Å². The summed E-state index contributed by atoms with van der Waals surface area (Å²) < 4.78 is 5.11. The Bertz CT molecular complexity index is 117. The summed E-state index contributed by atoms with van der Waals surface area (Å²) in [5.74, 6) is 3.14. The minimum absolute atomic E-state index is 0. The summed E-state index contributed by atoms with van der Waals surface area (Å²) in [6, 6.07) is 0. The van der Waals surface area contributed by atoms with E-state index >= 15 is 0 Å². The maximum absolute atomic E-state index is 5.11. The normalized spacial score (nSPS) is 16.7. The van der Waals surface area contributed by atoms with Crippen molar-refractivity contribution in [1.29, 1.82) is 0 Å². The Kier molecular flexibility index (Phi) is 5.42. The lowest BCUT2D eigenvalue weighted by atomic mass is 10.1. The van der Waals surface area contributed by atoms with Crippen molar-refractivity contribution < 1.29 is 4.74 Å². The number of hydrogen-bond acceptors (Lipinski definition) is 2. The molecule has 1 aliphatic heterocycles. The molecule has 58 valence electrons. The van der Waals surface area contributed by atoms with Crippen LogP contribution in [0.15, 0.2) is 0 Å². The van der Waals surface area contributed by atoms with E-state index in [1.54, 1.807) is 0 Å². The summed E-state index contributed by atoms with van der Waals surface area (Å²) >= 11 is 0. The van der Waals surface area contributed by atoms with Crippen LogP contribution in [0.3, 0.4) is 0 Å². The second-order valence-electron chi connectivity index (χ2n) is 2.24. The van der Waals surface area contributed by atoms with Crippen LogP contribution in [0.5, 0.6) is 0 Å². The second kappa shape index (κ2) is 5.55. The van der Waals surface area contributed by atoms with Crippen LogP contribution in [0.2, 0.25) is 0 Å². The zero-order valence-electron chi connectivity index (χ0n) is 5.80. The highest BCUT2D eigenvalue weighted by molar-refractivity contribution is 5.85. The standard InChI is InChI=1S/C7H11NO.ClH/c1-2-3-9-6-7-4-8-5-7;/h1,7-8H,3-6H2;1H. The van der Waals surface area contributed by atoms with E-state index in [1.165, 1.54) is 0 Å². The maximum Gasteiger partial charge on any atom is 0.107 e. The molecule has 1 fully saturated rings. The Morgan fingerprint density at radius 3 is 2.70 bits per heavy atom. The van der Waals surface area contributed by atoms with Crippen LogP contribution in [0.1, 0.15) is 0 Å². The number of terminal acetylenes is 1. The van der Waals surface area contributed by atoms with Crippen molar-refractivity contribution >= 4 is 12.4 Å². The molecule has 0 aromatic heterocycles. The summed E-state index contributed by atoms with van der Waals surface area (Å²) in [7, 11) is 0. The van der Waals surface area contributed by atoms with Gasteiger partial charge in [0.1, 0.15) is 6.61 Å². The van der Waals surface area contributed by atoms with Gasteiger partial charge in [-0.2, -0.15) is 0 Å². The molecule has 3 heteroatoms. The lowest BCUT2D eigenvalue weighted by Gasteiger charge is -2.26. The molecule has 1 N–H and O–H groups in total. The molecule has 1 heterocycles. The van der Waals surface area contributed by atoms with Crippen molar-refractivity contribution in [3.63, 3.8) is 0 Å². The number of ether oxygens (including phenoxy) is 1. The quantitative estimate of drug-likeness (QED) is 0.474. The summed E-state index contributed by atoms with van der Waals surface area (Å²) in [5, 5.41) is 3.16. The van der Waals surface area contributed by atoms with Gasteiger partial charge in [0.05, 0.1) is 6.61 Å². The number of nitrogens with one attached hydrogen (secondary N) is 1. The molecule has 10 heavy (non-hydrogen) atoms. The fourth-order valence-corrected chi connectivity index (χ4v) is 0.751. The first-order valence-corrected chi connectivity index (χ1v) is 3.15. The van der Waals surface area contributed by atoms with Gasteiger partial charge in [0.2, 0.25) is 0 Å². The predicted octanol–water partition coefficient (Wildman–Crippen LogP) is 0.277. The van der Waals surface area contributed by atoms with Gasteiger partial charge in [0.15, 0.2) is 0 Å². The minimum atomic E-state index is 0. The molecule has 0 aromatic carbocycles. The van der Waals surface area contributed by atoms with Gasteiger partial charge in [-0.25, -0.2) is 0 Å². The van der Waals surface area contributed by atoms with Gasteiger partial charge >= 0.3 is 0 Å². The van der Waals surface area contributed by atoms with Crippen molar-refractivity contribution in [3.8, 4) is 12.3 Å². The van der Waals surface area contributed by atoms with Crippen molar-refractivity contribution in [2.45, 2.75) is 0 Å². The van der Waals surface area contributed by atoms with Gasteiger partial charge in [0, 0.05) is 19.0 Å². The molecule has 1 aliphatic rings. The van der Waals surface area contributed by atoms with E-state index in [0.717, 1.165) is 19.7 Å². The largest absolute Gasteiger partial charge is 0.368 e. The lowest BCUT2D eigenvalue weighted by Crippen LogP contribution is -2.44. The number of hydrogen-bond donors (Lipinski definition) is 1. The van der Waals surface area contributed by atoms with E-state index in [-0.39, 0.29) is 12.4 Å². The molecule has 0 bridgehead atoms. The third kappa shape index (κ3) is 3.07. The summed E-state index contributed by atoms with van der Waals surface area (Å²) in [4.78, 5) is 0. The van der Waals surface area contributed by atoms with Crippen LogP contribution in [0, 0.1) is 18.3 Å². The summed E-state index contributed by atoms with van der Waals surface area (Å²) in [5.41, 5.74) is 0. The average molecular weight is 162 g/mol. The van der Waals surface area contributed by atoms with Gasteiger partial charge in [-0.1, -0.05) is 5.92 Å². The van der Waals surface area contributed by atoms with E-state index in [0.29, 0.717) is 12.5 Å². The SMILES string of the molecule is C#CCOCC1CNC1.Cl. The molecule has 0 amide bonds. The molecular weight excluding hydrogens is 150 g/mol. The molecule has 1 rings (SSSR count). The molecule has 0 unspecified atom stereocenters. The average Bonchev–Trinajstić information content (AvgIpc) is 1.76. The molecule has 1 saturated heterocycles. The third-order valence-corrected chi connectivity index (χ3v) is 1.40. The first-order valence-electron chi connectivity index (χ1n) is 3.15. The summed E-state index contributed by atoms with van der Waals surface area (Å²) in [6.07, 6.45) is 4.98. The monoisotopic (exact) mass is 161 g/mol. The molecule has 0 aromatic rings.